The summed E-state index contributed by atoms with van der Waals surface area (Å²) in [5, 5.41) is 1.18. The van der Waals surface area contributed by atoms with Gasteiger partial charge in [0.05, 0.1) is 0 Å². The highest BCUT2D eigenvalue weighted by atomic mass is 79.9. The molecule has 0 radical (unpaired) electrons. The largest absolute Gasteiger partial charge is 0.244 e. The Morgan fingerprint density at radius 1 is 1.07 bits per heavy atom. The van der Waals surface area contributed by atoms with Crippen LogP contribution in [0, 0.1) is 0 Å². The van der Waals surface area contributed by atoms with E-state index >= 15 is 0 Å². The van der Waals surface area contributed by atoms with Crippen molar-refractivity contribution in [3.05, 3.63) is 45.4 Å². The van der Waals surface area contributed by atoms with Crippen LogP contribution >= 0.6 is 39.1 Å². The van der Waals surface area contributed by atoms with Crippen LogP contribution in [-0.4, -0.2) is 9.97 Å². The van der Waals surface area contributed by atoms with E-state index in [1.54, 1.807) is 12.3 Å². The van der Waals surface area contributed by atoms with Crippen molar-refractivity contribution in [2.45, 2.75) is 0 Å². The van der Waals surface area contributed by atoms with Crippen molar-refractivity contribution in [2.24, 2.45) is 0 Å². The molecule has 0 aliphatic carbocycles. The first-order valence-electron chi connectivity index (χ1n) is 4.09. The zero-order valence-corrected chi connectivity index (χ0v) is 10.5. The van der Waals surface area contributed by atoms with Gasteiger partial charge in [0.25, 0.3) is 0 Å². The zero-order valence-electron chi connectivity index (χ0n) is 7.42. The van der Waals surface area contributed by atoms with E-state index in [4.69, 9.17) is 23.2 Å². The highest BCUT2D eigenvalue weighted by molar-refractivity contribution is 9.10. The van der Waals surface area contributed by atoms with Gasteiger partial charge in [-0.05, 0) is 39.7 Å². The van der Waals surface area contributed by atoms with E-state index in [0.29, 0.717) is 10.0 Å². The minimum atomic E-state index is 0.591. The van der Waals surface area contributed by atoms with E-state index in [1.807, 2.05) is 12.1 Å². The van der Waals surface area contributed by atoms with E-state index in [1.165, 1.54) is 6.33 Å². The third-order valence-corrected chi connectivity index (χ3v) is 2.91. The Morgan fingerprint density at radius 2 is 1.73 bits per heavy atom. The molecule has 76 valence electrons. The van der Waals surface area contributed by atoms with Crippen molar-refractivity contribution in [2.75, 3.05) is 0 Å². The Labute approximate surface area is 105 Å². The SMILES string of the molecule is Clc1cc(Cl)cc(-c2cncnc2Br)c1. The lowest BCUT2D eigenvalue weighted by atomic mass is 10.1. The topological polar surface area (TPSA) is 25.8 Å². The maximum atomic E-state index is 5.91. The second-order valence-electron chi connectivity index (χ2n) is 2.89. The van der Waals surface area contributed by atoms with Crippen LogP contribution in [0.4, 0.5) is 0 Å². The normalized spacial score (nSPS) is 10.3. The van der Waals surface area contributed by atoms with Gasteiger partial charge in [0.1, 0.15) is 10.9 Å². The van der Waals surface area contributed by atoms with Gasteiger partial charge in [-0.25, -0.2) is 9.97 Å². The van der Waals surface area contributed by atoms with Crippen LogP contribution in [0.25, 0.3) is 11.1 Å². The van der Waals surface area contributed by atoms with Gasteiger partial charge in [-0.1, -0.05) is 23.2 Å². The molecule has 15 heavy (non-hydrogen) atoms. The molecule has 0 amide bonds. The maximum Gasteiger partial charge on any atom is 0.117 e. The van der Waals surface area contributed by atoms with Crippen LogP contribution in [0.3, 0.4) is 0 Å². The van der Waals surface area contributed by atoms with Gasteiger partial charge in [0, 0.05) is 21.8 Å². The van der Waals surface area contributed by atoms with Crippen molar-refractivity contribution in [1.29, 1.82) is 0 Å². The van der Waals surface area contributed by atoms with Crippen molar-refractivity contribution in [3.8, 4) is 11.1 Å². The molecule has 0 unspecified atom stereocenters. The standard InChI is InChI=1S/C10H5BrCl2N2/c11-10-9(4-14-5-15-10)6-1-7(12)3-8(13)2-6/h1-5H. The van der Waals surface area contributed by atoms with Crippen molar-refractivity contribution in [3.63, 3.8) is 0 Å². The molecule has 0 bridgehead atoms. The smallest absolute Gasteiger partial charge is 0.117 e. The predicted octanol–water partition coefficient (Wildman–Crippen LogP) is 4.21. The molecule has 0 atom stereocenters. The highest BCUT2D eigenvalue weighted by Gasteiger charge is 2.05. The molecule has 0 aliphatic rings. The Kier molecular flexibility index (Phi) is 3.24. The van der Waals surface area contributed by atoms with Gasteiger partial charge in [0.15, 0.2) is 0 Å². The number of halogens is 3. The minimum absolute atomic E-state index is 0.591. The van der Waals surface area contributed by atoms with Crippen molar-refractivity contribution in [1.82, 2.24) is 9.97 Å². The number of hydrogen-bond acceptors (Lipinski definition) is 2. The number of hydrogen-bond donors (Lipinski definition) is 0. The molecule has 1 aromatic heterocycles. The molecule has 2 rings (SSSR count). The lowest BCUT2D eigenvalue weighted by Crippen LogP contribution is -1.85. The van der Waals surface area contributed by atoms with Crippen LogP contribution < -0.4 is 0 Å². The Hall–Kier alpha value is -0.640. The number of benzene rings is 1. The summed E-state index contributed by atoms with van der Waals surface area (Å²) in [4.78, 5) is 7.99. The van der Waals surface area contributed by atoms with Crippen LogP contribution in [0.5, 0.6) is 0 Å². The summed E-state index contributed by atoms with van der Waals surface area (Å²) in [5.74, 6) is 0. The van der Waals surface area contributed by atoms with Gasteiger partial charge in [0.2, 0.25) is 0 Å². The summed E-state index contributed by atoms with van der Waals surface area (Å²) in [6, 6.07) is 5.32. The van der Waals surface area contributed by atoms with Crippen molar-refractivity contribution < 1.29 is 0 Å². The minimum Gasteiger partial charge on any atom is -0.244 e. The van der Waals surface area contributed by atoms with Crippen molar-refractivity contribution >= 4 is 39.1 Å². The molecule has 0 fully saturated rings. The predicted molar refractivity (Wildman–Crippen MR) is 65.2 cm³/mol. The first kappa shape index (κ1) is 10.9. The highest BCUT2D eigenvalue weighted by Crippen LogP contribution is 2.30. The Balaban J connectivity index is 2.59. The second-order valence-corrected chi connectivity index (χ2v) is 4.51. The molecule has 0 aliphatic heterocycles. The molecular weight excluding hydrogens is 299 g/mol. The lowest BCUT2D eigenvalue weighted by molar-refractivity contribution is 1.14. The summed E-state index contributed by atoms with van der Waals surface area (Å²) < 4.78 is 0.718. The molecular formula is C10H5BrCl2N2. The molecule has 1 heterocycles. The molecule has 1 aromatic carbocycles. The van der Waals surface area contributed by atoms with E-state index in [0.717, 1.165) is 15.7 Å². The summed E-state index contributed by atoms with van der Waals surface area (Å²) in [6.45, 7) is 0. The zero-order chi connectivity index (χ0) is 10.8. The fraction of sp³-hybridized carbons (Fsp3) is 0. The molecule has 0 saturated carbocycles. The summed E-state index contributed by atoms with van der Waals surface area (Å²) >= 11 is 15.2. The van der Waals surface area contributed by atoms with E-state index in [2.05, 4.69) is 25.9 Å². The molecule has 2 aromatic rings. The van der Waals surface area contributed by atoms with Crippen LogP contribution in [0.15, 0.2) is 35.3 Å². The summed E-state index contributed by atoms with van der Waals surface area (Å²) in [6.07, 6.45) is 3.18. The van der Waals surface area contributed by atoms with Gasteiger partial charge < -0.3 is 0 Å². The van der Waals surface area contributed by atoms with E-state index < -0.39 is 0 Å². The first-order valence-corrected chi connectivity index (χ1v) is 5.63. The molecule has 0 N–H and O–H groups in total. The Morgan fingerprint density at radius 3 is 2.33 bits per heavy atom. The second kappa shape index (κ2) is 4.47. The summed E-state index contributed by atoms with van der Waals surface area (Å²) in [5.41, 5.74) is 1.75. The third-order valence-electron chi connectivity index (χ3n) is 1.84. The number of nitrogens with zero attached hydrogens (tertiary/aromatic N) is 2. The van der Waals surface area contributed by atoms with Crippen LogP contribution in [0.1, 0.15) is 0 Å². The van der Waals surface area contributed by atoms with Gasteiger partial charge in [-0.3, -0.25) is 0 Å². The molecule has 0 spiro atoms. The lowest BCUT2D eigenvalue weighted by Gasteiger charge is -2.04. The van der Waals surface area contributed by atoms with Crippen LogP contribution in [0.2, 0.25) is 10.0 Å². The number of rotatable bonds is 1. The van der Waals surface area contributed by atoms with Gasteiger partial charge in [-0.15, -0.1) is 0 Å². The quantitative estimate of drug-likeness (QED) is 0.737. The fourth-order valence-electron chi connectivity index (χ4n) is 1.22. The third kappa shape index (κ3) is 2.48. The van der Waals surface area contributed by atoms with E-state index in [-0.39, 0.29) is 0 Å². The van der Waals surface area contributed by atoms with Gasteiger partial charge >= 0.3 is 0 Å². The molecule has 5 heteroatoms. The summed E-state index contributed by atoms with van der Waals surface area (Å²) in [7, 11) is 0. The maximum absolute atomic E-state index is 5.91. The fourth-order valence-corrected chi connectivity index (χ4v) is 2.17. The van der Waals surface area contributed by atoms with E-state index in [9.17, 15) is 0 Å². The molecule has 0 saturated heterocycles. The average Bonchev–Trinajstić information content (AvgIpc) is 2.16. The monoisotopic (exact) mass is 302 g/mol. The van der Waals surface area contributed by atoms with Gasteiger partial charge in [-0.2, -0.15) is 0 Å². The first-order chi connectivity index (χ1) is 7.16. The average molecular weight is 304 g/mol. The Bertz CT molecular complexity index is 482. The van der Waals surface area contributed by atoms with Crippen LogP contribution in [-0.2, 0) is 0 Å². The number of aromatic nitrogens is 2. The molecule has 2 nitrogen and oxygen atoms in total.